The Morgan fingerprint density at radius 3 is 3.07 bits per heavy atom. The van der Waals surface area contributed by atoms with Gasteiger partial charge in [0, 0.05) is 17.6 Å². The molecule has 0 fully saturated rings. The molecule has 0 atom stereocenters. The zero-order chi connectivity index (χ0) is 10.2. The van der Waals surface area contributed by atoms with Gasteiger partial charge in [-0.25, -0.2) is 4.98 Å². The van der Waals surface area contributed by atoms with Crippen molar-refractivity contribution in [2.45, 2.75) is 26.3 Å². The number of rotatable bonds is 7. The Balaban J connectivity index is 2.12. The van der Waals surface area contributed by atoms with Crippen LogP contribution in [0.25, 0.3) is 0 Å². The Kier molecular flexibility index (Phi) is 6.23. The highest BCUT2D eigenvalue weighted by Crippen LogP contribution is 2.12. The molecule has 2 nitrogen and oxygen atoms in total. The maximum atomic E-state index is 4.32. The minimum atomic E-state index is 0.978. The molecule has 0 saturated heterocycles. The Morgan fingerprint density at radius 2 is 2.43 bits per heavy atom. The SMILES string of the molecule is CCc1ncc(CNCCCSC)s1. The smallest absolute Gasteiger partial charge is 0.0925 e. The maximum Gasteiger partial charge on any atom is 0.0925 e. The number of aryl methyl sites for hydroxylation is 1. The van der Waals surface area contributed by atoms with Crippen LogP contribution in [0.2, 0.25) is 0 Å². The number of nitrogens with zero attached hydrogens (tertiary/aromatic N) is 1. The first-order valence-electron chi connectivity index (χ1n) is 5.00. The molecule has 0 radical (unpaired) electrons. The summed E-state index contributed by atoms with van der Waals surface area (Å²) >= 11 is 3.72. The molecule has 0 saturated carbocycles. The summed E-state index contributed by atoms with van der Waals surface area (Å²) in [4.78, 5) is 5.68. The maximum absolute atomic E-state index is 4.32. The molecule has 0 aliphatic rings. The number of thioether (sulfide) groups is 1. The van der Waals surface area contributed by atoms with Crippen molar-refractivity contribution in [2.75, 3.05) is 18.6 Å². The predicted molar refractivity (Wildman–Crippen MR) is 66.2 cm³/mol. The van der Waals surface area contributed by atoms with E-state index in [0.29, 0.717) is 0 Å². The highest BCUT2D eigenvalue weighted by Gasteiger charge is 1.98. The second-order valence-electron chi connectivity index (χ2n) is 3.10. The molecule has 0 aliphatic heterocycles. The molecule has 0 bridgehead atoms. The molecule has 80 valence electrons. The van der Waals surface area contributed by atoms with Crippen molar-refractivity contribution in [1.82, 2.24) is 10.3 Å². The van der Waals surface area contributed by atoms with Crippen LogP contribution in [0, 0.1) is 0 Å². The van der Waals surface area contributed by atoms with Crippen LogP contribution in [0.3, 0.4) is 0 Å². The third-order valence-electron chi connectivity index (χ3n) is 1.91. The number of nitrogens with one attached hydrogen (secondary N) is 1. The quantitative estimate of drug-likeness (QED) is 0.729. The molecule has 0 aromatic carbocycles. The van der Waals surface area contributed by atoms with Crippen molar-refractivity contribution in [2.24, 2.45) is 0 Å². The van der Waals surface area contributed by atoms with Gasteiger partial charge in [-0.05, 0) is 31.4 Å². The van der Waals surface area contributed by atoms with Gasteiger partial charge in [0.25, 0.3) is 0 Å². The van der Waals surface area contributed by atoms with Gasteiger partial charge in [0.2, 0.25) is 0 Å². The second-order valence-corrected chi connectivity index (χ2v) is 5.28. The van der Waals surface area contributed by atoms with Crippen LogP contribution >= 0.6 is 23.1 Å². The molecular weight excluding hydrogens is 212 g/mol. The van der Waals surface area contributed by atoms with Gasteiger partial charge in [0.15, 0.2) is 0 Å². The lowest BCUT2D eigenvalue weighted by Crippen LogP contribution is -2.14. The lowest BCUT2D eigenvalue weighted by atomic mass is 10.4. The summed E-state index contributed by atoms with van der Waals surface area (Å²) in [5, 5.41) is 4.67. The summed E-state index contributed by atoms with van der Waals surface area (Å²) < 4.78 is 0. The summed E-state index contributed by atoms with van der Waals surface area (Å²) in [5.74, 6) is 1.25. The Bertz CT molecular complexity index is 248. The van der Waals surface area contributed by atoms with Crippen LogP contribution in [0.4, 0.5) is 0 Å². The molecule has 0 spiro atoms. The van der Waals surface area contributed by atoms with E-state index in [9.17, 15) is 0 Å². The van der Waals surface area contributed by atoms with Gasteiger partial charge >= 0.3 is 0 Å². The normalized spacial score (nSPS) is 10.7. The Labute approximate surface area is 94.5 Å². The number of hydrogen-bond donors (Lipinski definition) is 1. The summed E-state index contributed by atoms with van der Waals surface area (Å²) in [5.41, 5.74) is 0. The highest BCUT2D eigenvalue weighted by molar-refractivity contribution is 7.98. The van der Waals surface area contributed by atoms with Gasteiger partial charge in [0.1, 0.15) is 0 Å². The lowest BCUT2D eigenvalue weighted by molar-refractivity contribution is 0.684. The van der Waals surface area contributed by atoms with Gasteiger partial charge in [-0.3, -0.25) is 0 Å². The third-order valence-corrected chi connectivity index (χ3v) is 3.74. The van der Waals surface area contributed by atoms with E-state index in [-0.39, 0.29) is 0 Å². The molecule has 14 heavy (non-hydrogen) atoms. The van der Waals surface area contributed by atoms with E-state index in [2.05, 4.69) is 23.5 Å². The molecule has 1 rings (SSSR count). The largest absolute Gasteiger partial charge is 0.312 e. The molecule has 0 amide bonds. The fraction of sp³-hybridized carbons (Fsp3) is 0.700. The summed E-state index contributed by atoms with van der Waals surface area (Å²) in [6.07, 6.45) is 6.44. The number of thiazole rings is 1. The minimum absolute atomic E-state index is 0.978. The fourth-order valence-corrected chi connectivity index (χ4v) is 2.41. The first kappa shape index (κ1) is 12.0. The van der Waals surface area contributed by atoms with Gasteiger partial charge in [0.05, 0.1) is 5.01 Å². The van der Waals surface area contributed by atoms with E-state index >= 15 is 0 Å². The Hall–Kier alpha value is -0.0600. The molecule has 1 N–H and O–H groups in total. The number of aromatic nitrogens is 1. The molecule has 1 heterocycles. The van der Waals surface area contributed by atoms with Crippen molar-refractivity contribution in [3.8, 4) is 0 Å². The van der Waals surface area contributed by atoms with E-state index < -0.39 is 0 Å². The molecule has 0 aliphatic carbocycles. The topological polar surface area (TPSA) is 24.9 Å². The third kappa shape index (κ3) is 4.44. The van der Waals surface area contributed by atoms with E-state index in [1.807, 2.05) is 29.3 Å². The predicted octanol–water partition coefficient (Wildman–Crippen LogP) is 2.55. The van der Waals surface area contributed by atoms with Crippen LogP contribution in [-0.2, 0) is 13.0 Å². The second kappa shape index (κ2) is 7.26. The van der Waals surface area contributed by atoms with Crippen molar-refractivity contribution in [3.63, 3.8) is 0 Å². The van der Waals surface area contributed by atoms with Crippen molar-refractivity contribution in [3.05, 3.63) is 16.1 Å². The van der Waals surface area contributed by atoms with Crippen LogP contribution in [0.1, 0.15) is 23.2 Å². The fourth-order valence-electron chi connectivity index (χ4n) is 1.15. The van der Waals surface area contributed by atoms with E-state index in [1.54, 1.807) is 0 Å². The molecule has 0 unspecified atom stereocenters. The molecular formula is C10H18N2S2. The van der Waals surface area contributed by atoms with Crippen molar-refractivity contribution in [1.29, 1.82) is 0 Å². The minimum Gasteiger partial charge on any atom is -0.312 e. The molecule has 1 aromatic heterocycles. The van der Waals surface area contributed by atoms with E-state index in [1.165, 1.54) is 22.1 Å². The van der Waals surface area contributed by atoms with Gasteiger partial charge in [-0.1, -0.05) is 6.92 Å². The van der Waals surface area contributed by atoms with Crippen molar-refractivity contribution < 1.29 is 0 Å². The monoisotopic (exact) mass is 230 g/mol. The lowest BCUT2D eigenvalue weighted by Gasteiger charge is -2.00. The molecule has 1 aromatic rings. The highest BCUT2D eigenvalue weighted by atomic mass is 32.2. The summed E-state index contributed by atoms with van der Waals surface area (Å²) in [6, 6.07) is 0. The van der Waals surface area contributed by atoms with Crippen molar-refractivity contribution >= 4 is 23.1 Å². The van der Waals surface area contributed by atoms with Crippen LogP contribution in [0.15, 0.2) is 6.20 Å². The van der Waals surface area contributed by atoms with Gasteiger partial charge in [-0.2, -0.15) is 11.8 Å². The van der Waals surface area contributed by atoms with Gasteiger partial charge < -0.3 is 5.32 Å². The zero-order valence-electron chi connectivity index (χ0n) is 8.88. The Morgan fingerprint density at radius 1 is 1.57 bits per heavy atom. The first-order chi connectivity index (χ1) is 6.86. The van der Waals surface area contributed by atoms with E-state index in [0.717, 1.165) is 19.5 Å². The average Bonchev–Trinajstić information content (AvgIpc) is 2.65. The average molecular weight is 230 g/mol. The van der Waals surface area contributed by atoms with Crippen LogP contribution in [0.5, 0.6) is 0 Å². The van der Waals surface area contributed by atoms with Gasteiger partial charge in [-0.15, -0.1) is 11.3 Å². The zero-order valence-corrected chi connectivity index (χ0v) is 10.5. The van der Waals surface area contributed by atoms with Crippen LogP contribution < -0.4 is 5.32 Å². The summed E-state index contributed by atoms with van der Waals surface area (Å²) in [6.45, 7) is 4.24. The molecule has 4 heteroatoms. The van der Waals surface area contributed by atoms with Crippen LogP contribution in [-0.4, -0.2) is 23.5 Å². The summed E-state index contributed by atoms with van der Waals surface area (Å²) in [7, 11) is 0. The standard InChI is InChI=1S/C10H18N2S2/c1-3-10-12-8-9(14-10)7-11-5-4-6-13-2/h8,11H,3-7H2,1-2H3. The number of hydrogen-bond acceptors (Lipinski definition) is 4. The van der Waals surface area contributed by atoms with E-state index in [4.69, 9.17) is 0 Å². The first-order valence-corrected chi connectivity index (χ1v) is 7.21.